The van der Waals surface area contributed by atoms with E-state index in [4.69, 9.17) is 18.0 Å². The van der Waals surface area contributed by atoms with Crippen molar-refractivity contribution in [1.29, 1.82) is 0 Å². The van der Waals surface area contributed by atoms with Crippen LogP contribution in [-0.2, 0) is 16.0 Å². The third-order valence-corrected chi connectivity index (χ3v) is 4.40. The maximum absolute atomic E-state index is 12.0. The van der Waals surface area contributed by atoms with Crippen molar-refractivity contribution < 1.29 is 9.59 Å². The van der Waals surface area contributed by atoms with Crippen molar-refractivity contribution in [2.24, 2.45) is 11.7 Å². The minimum atomic E-state index is -0.668. The van der Waals surface area contributed by atoms with E-state index in [-0.39, 0.29) is 18.4 Å². The van der Waals surface area contributed by atoms with Crippen LogP contribution >= 0.6 is 12.2 Å². The third-order valence-electron chi connectivity index (χ3n) is 4.15. The Balaban J connectivity index is 2.50. The number of carbonyl (C=O) groups is 2. The summed E-state index contributed by atoms with van der Waals surface area (Å²) in [6, 6.07) is 5.57. The molecule has 1 atom stereocenters. The summed E-state index contributed by atoms with van der Waals surface area (Å²) in [7, 11) is 0. The molecule has 2 amide bonds. The van der Waals surface area contributed by atoms with Gasteiger partial charge in [0.2, 0.25) is 11.8 Å². The third kappa shape index (κ3) is 8.86. The van der Waals surface area contributed by atoms with Crippen LogP contribution in [0.15, 0.2) is 18.2 Å². The van der Waals surface area contributed by atoms with Crippen molar-refractivity contribution in [3.05, 3.63) is 29.3 Å². The number of thiocarbonyl (C=S) groups is 1. The van der Waals surface area contributed by atoms with E-state index in [2.05, 4.69) is 35.0 Å². The second kappa shape index (κ2) is 11.5. The molecule has 0 aliphatic carbocycles. The molecule has 0 saturated carbocycles. The highest BCUT2D eigenvalue weighted by molar-refractivity contribution is 7.80. The quantitative estimate of drug-likeness (QED) is 0.459. The molecule has 0 aromatic heterocycles. The molecule has 0 fully saturated rings. The molecule has 0 bridgehead atoms. The Morgan fingerprint density at radius 3 is 2.52 bits per heavy atom. The SMILES string of the molecule is CCCCc1ccc(NC(=S)NCC(=O)NC(CC(C)C)C(N)=O)c(C)c1. The highest BCUT2D eigenvalue weighted by Gasteiger charge is 2.19. The molecule has 27 heavy (non-hydrogen) atoms. The van der Waals surface area contributed by atoms with Crippen LogP contribution in [0.4, 0.5) is 5.69 Å². The summed E-state index contributed by atoms with van der Waals surface area (Å²) in [5, 5.41) is 8.96. The van der Waals surface area contributed by atoms with E-state index in [1.54, 1.807) is 0 Å². The van der Waals surface area contributed by atoms with Gasteiger partial charge in [0.15, 0.2) is 5.11 Å². The number of amides is 2. The number of hydrogen-bond acceptors (Lipinski definition) is 3. The van der Waals surface area contributed by atoms with Crippen LogP contribution in [-0.4, -0.2) is 29.5 Å². The molecular formula is C20H32N4O2S. The number of nitrogens with two attached hydrogens (primary N) is 1. The summed E-state index contributed by atoms with van der Waals surface area (Å²) in [5.74, 6) is -0.603. The predicted octanol–water partition coefficient (Wildman–Crippen LogP) is 2.64. The standard InChI is InChI=1S/C20H32N4O2S/c1-5-6-7-15-8-9-16(14(4)11-15)24-20(27)22-12-18(25)23-17(19(21)26)10-13(2)3/h8-9,11,13,17H,5-7,10,12H2,1-4H3,(H2,21,26)(H,23,25)(H2,22,24,27). The number of primary amides is 1. The Morgan fingerprint density at radius 1 is 1.26 bits per heavy atom. The number of nitrogens with one attached hydrogen (secondary N) is 3. The predicted molar refractivity (Wildman–Crippen MR) is 115 cm³/mol. The van der Waals surface area contributed by atoms with Crippen LogP contribution < -0.4 is 21.7 Å². The van der Waals surface area contributed by atoms with Crippen molar-refractivity contribution in [2.75, 3.05) is 11.9 Å². The number of hydrogen-bond donors (Lipinski definition) is 4. The number of rotatable bonds is 10. The summed E-state index contributed by atoms with van der Waals surface area (Å²) < 4.78 is 0. The smallest absolute Gasteiger partial charge is 0.240 e. The van der Waals surface area contributed by atoms with Gasteiger partial charge in [-0.3, -0.25) is 9.59 Å². The topological polar surface area (TPSA) is 96.2 Å². The van der Waals surface area contributed by atoms with Crippen LogP contribution in [0.25, 0.3) is 0 Å². The summed E-state index contributed by atoms with van der Waals surface area (Å²) in [6.07, 6.45) is 3.92. The molecular weight excluding hydrogens is 360 g/mol. The van der Waals surface area contributed by atoms with E-state index in [1.165, 1.54) is 18.4 Å². The van der Waals surface area contributed by atoms with Gasteiger partial charge >= 0.3 is 0 Å². The van der Waals surface area contributed by atoms with Crippen molar-refractivity contribution in [3.8, 4) is 0 Å². The van der Waals surface area contributed by atoms with Crippen molar-refractivity contribution in [1.82, 2.24) is 10.6 Å². The van der Waals surface area contributed by atoms with Crippen LogP contribution in [0, 0.1) is 12.8 Å². The second-order valence-corrected chi connectivity index (χ2v) is 7.62. The molecule has 0 aliphatic heterocycles. The Kier molecular flexibility index (Phi) is 9.78. The minimum absolute atomic E-state index is 0.0264. The van der Waals surface area contributed by atoms with Gasteiger partial charge in [-0.15, -0.1) is 0 Å². The average Bonchev–Trinajstić information content (AvgIpc) is 2.59. The molecule has 0 radical (unpaired) electrons. The molecule has 1 rings (SSSR count). The first kappa shape index (κ1) is 22.9. The lowest BCUT2D eigenvalue weighted by atomic mass is 10.0. The summed E-state index contributed by atoms with van der Waals surface area (Å²) >= 11 is 5.26. The average molecular weight is 393 g/mol. The maximum atomic E-state index is 12.0. The van der Waals surface area contributed by atoms with Gasteiger partial charge in [-0.05, 0) is 61.5 Å². The first-order valence-corrected chi connectivity index (χ1v) is 9.86. The first-order chi connectivity index (χ1) is 12.7. The van der Waals surface area contributed by atoms with E-state index in [1.807, 2.05) is 26.8 Å². The molecule has 1 unspecified atom stereocenters. The van der Waals surface area contributed by atoms with Gasteiger partial charge in [-0.2, -0.15) is 0 Å². The number of carbonyl (C=O) groups excluding carboxylic acids is 2. The Labute approximate surface area is 167 Å². The molecule has 1 aromatic rings. The zero-order chi connectivity index (χ0) is 20.4. The van der Waals surface area contributed by atoms with Gasteiger partial charge in [-0.25, -0.2) is 0 Å². The van der Waals surface area contributed by atoms with Gasteiger partial charge in [0, 0.05) is 5.69 Å². The van der Waals surface area contributed by atoms with Crippen molar-refractivity contribution in [3.63, 3.8) is 0 Å². The lowest BCUT2D eigenvalue weighted by Gasteiger charge is -2.18. The fraction of sp³-hybridized carbons (Fsp3) is 0.550. The molecule has 0 heterocycles. The van der Waals surface area contributed by atoms with Crippen LogP contribution in [0.5, 0.6) is 0 Å². The number of benzene rings is 1. The molecule has 0 saturated heterocycles. The van der Waals surface area contributed by atoms with E-state index >= 15 is 0 Å². The fourth-order valence-corrected chi connectivity index (χ4v) is 2.87. The fourth-order valence-electron chi connectivity index (χ4n) is 2.69. The van der Waals surface area contributed by atoms with Crippen molar-refractivity contribution in [2.45, 2.75) is 59.4 Å². The first-order valence-electron chi connectivity index (χ1n) is 9.46. The molecule has 6 nitrogen and oxygen atoms in total. The lowest BCUT2D eigenvalue weighted by Crippen LogP contribution is -2.48. The van der Waals surface area contributed by atoms with E-state index in [0.29, 0.717) is 11.5 Å². The summed E-state index contributed by atoms with van der Waals surface area (Å²) in [5.41, 5.74) is 8.65. The largest absolute Gasteiger partial charge is 0.368 e. The highest BCUT2D eigenvalue weighted by Crippen LogP contribution is 2.17. The molecule has 0 spiro atoms. The summed E-state index contributed by atoms with van der Waals surface area (Å²) in [4.78, 5) is 23.5. The van der Waals surface area contributed by atoms with Gasteiger partial charge in [0.05, 0.1) is 6.54 Å². The van der Waals surface area contributed by atoms with Crippen LogP contribution in [0.3, 0.4) is 0 Å². The maximum Gasteiger partial charge on any atom is 0.240 e. The molecule has 150 valence electrons. The van der Waals surface area contributed by atoms with E-state index in [0.717, 1.165) is 17.7 Å². The number of anilines is 1. The zero-order valence-corrected chi connectivity index (χ0v) is 17.5. The summed E-state index contributed by atoms with van der Waals surface area (Å²) in [6.45, 7) is 8.11. The van der Waals surface area contributed by atoms with Crippen molar-refractivity contribution >= 4 is 34.8 Å². The highest BCUT2D eigenvalue weighted by atomic mass is 32.1. The van der Waals surface area contributed by atoms with Gasteiger partial charge in [0.1, 0.15) is 6.04 Å². The number of unbranched alkanes of at least 4 members (excludes halogenated alkanes) is 1. The molecule has 1 aromatic carbocycles. The van der Waals surface area contributed by atoms with E-state index in [9.17, 15) is 9.59 Å². The Hall–Kier alpha value is -2.15. The lowest BCUT2D eigenvalue weighted by molar-refractivity contribution is -0.127. The second-order valence-electron chi connectivity index (χ2n) is 7.21. The monoisotopic (exact) mass is 392 g/mol. The van der Waals surface area contributed by atoms with Gasteiger partial charge in [-0.1, -0.05) is 39.3 Å². The molecule has 0 aliphatic rings. The van der Waals surface area contributed by atoms with Gasteiger partial charge < -0.3 is 21.7 Å². The Morgan fingerprint density at radius 2 is 1.96 bits per heavy atom. The van der Waals surface area contributed by atoms with Gasteiger partial charge in [0.25, 0.3) is 0 Å². The zero-order valence-electron chi connectivity index (χ0n) is 16.7. The normalized spacial score (nSPS) is 11.7. The number of aryl methyl sites for hydroxylation is 2. The van der Waals surface area contributed by atoms with Crippen LogP contribution in [0.1, 0.15) is 51.2 Å². The van der Waals surface area contributed by atoms with Crippen LogP contribution in [0.2, 0.25) is 0 Å². The Bertz CT molecular complexity index is 661. The molecule has 5 N–H and O–H groups in total. The minimum Gasteiger partial charge on any atom is -0.368 e. The molecule has 7 heteroatoms. The van der Waals surface area contributed by atoms with E-state index < -0.39 is 11.9 Å².